The zero-order valence-electron chi connectivity index (χ0n) is 18.7. The Kier molecular flexibility index (Phi) is 9.18. The highest BCUT2D eigenvalue weighted by atomic mass is 32.2. The number of hydrogen-bond donors (Lipinski definition) is 2. The van der Waals surface area contributed by atoms with Crippen molar-refractivity contribution in [3.8, 4) is 0 Å². The zero-order chi connectivity index (χ0) is 23.5. The Morgan fingerprint density at radius 1 is 0.879 bits per heavy atom. The van der Waals surface area contributed by atoms with Gasteiger partial charge >= 0.3 is 0 Å². The van der Waals surface area contributed by atoms with Gasteiger partial charge in [0.1, 0.15) is 0 Å². The smallest absolute Gasteiger partial charge is 0.240 e. The molecule has 0 aliphatic carbocycles. The van der Waals surface area contributed by atoms with E-state index in [9.17, 15) is 13.2 Å². The molecule has 1 amide bonds. The first kappa shape index (κ1) is 24.6. The highest BCUT2D eigenvalue weighted by molar-refractivity contribution is 7.89. The van der Waals surface area contributed by atoms with Crippen LogP contribution in [0.2, 0.25) is 0 Å². The molecule has 0 saturated carbocycles. The third-order valence-electron chi connectivity index (χ3n) is 5.20. The van der Waals surface area contributed by atoms with E-state index in [0.717, 1.165) is 11.1 Å². The molecule has 0 heterocycles. The second kappa shape index (κ2) is 12.3. The van der Waals surface area contributed by atoms with Gasteiger partial charge in [-0.25, -0.2) is 13.1 Å². The van der Waals surface area contributed by atoms with Gasteiger partial charge in [-0.1, -0.05) is 60.7 Å². The summed E-state index contributed by atoms with van der Waals surface area (Å²) in [7, 11) is -3.60. The van der Waals surface area contributed by atoms with Crippen molar-refractivity contribution in [1.82, 2.24) is 4.72 Å². The minimum atomic E-state index is -3.60. The van der Waals surface area contributed by atoms with Crippen molar-refractivity contribution in [1.29, 1.82) is 0 Å². The van der Waals surface area contributed by atoms with Gasteiger partial charge in [0.2, 0.25) is 15.9 Å². The number of rotatable bonds is 12. The predicted molar refractivity (Wildman–Crippen MR) is 131 cm³/mol. The molecule has 0 aliphatic rings. The molecule has 7 heteroatoms. The van der Waals surface area contributed by atoms with Crippen LogP contribution in [0, 0.1) is 0 Å². The van der Waals surface area contributed by atoms with Crippen LogP contribution < -0.4 is 10.0 Å². The summed E-state index contributed by atoms with van der Waals surface area (Å²) in [5, 5.41) is 2.89. The average molecular weight is 467 g/mol. The summed E-state index contributed by atoms with van der Waals surface area (Å²) in [6, 6.07) is 26.0. The van der Waals surface area contributed by atoms with Crippen molar-refractivity contribution in [3.63, 3.8) is 0 Å². The second-order valence-corrected chi connectivity index (χ2v) is 9.37. The van der Waals surface area contributed by atoms with E-state index >= 15 is 0 Å². The van der Waals surface area contributed by atoms with E-state index in [1.807, 2.05) is 67.6 Å². The Morgan fingerprint density at radius 2 is 1.45 bits per heavy atom. The van der Waals surface area contributed by atoms with Gasteiger partial charge in [-0.15, -0.1) is 0 Å². The fraction of sp³-hybridized carbons (Fsp3) is 0.269. The van der Waals surface area contributed by atoms with E-state index in [-0.39, 0.29) is 23.1 Å². The van der Waals surface area contributed by atoms with E-state index in [2.05, 4.69) is 10.0 Å². The summed E-state index contributed by atoms with van der Waals surface area (Å²) in [5.74, 6) is -0.217. The molecule has 3 aromatic rings. The van der Waals surface area contributed by atoms with Crippen LogP contribution in [-0.4, -0.2) is 34.1 Å². The van der Waals surface area contributed by atoms with Crippen LogP contribution in [0.4, 0.5) is 5.69 Å². The molecule has 0 saturated heterocycles. The van der Waals surface area contributed by atoms with Gasteiger partial charge in [0.05, 0.1) is 4.90 Å². The molecule has 0 atom stereocenters. The molecule has 3 aromatic carbocycles. The largest absolute Gasteiger partial charge is 0.382 e. The Labute approximate surface area is 196 Å². The summed E-state index contributed by atoms with van der Waals surface area (Å²) >= 11 is 0. The van der Waals surface area contributed by atoms with Gasteiger partial charge in [-0.2, -0.15) is 0 Å². The first-order valence-electron chi connectivity index (χ1n) is 11.1. The maximum Gasteiger partial charge on any atom is 0.240 e. The van der Waals surface area contributed by atoms with Gasteiger partial charge in [-0.3, -0.25) is 4.79 Å². The van der Waals surface area contributed by atoms with E-state index in [0.29, 0.717) is 31.9 Å². The molecule has 0 unspecified atom stereocenters. The van der Waals surface area contributed by atoms with Crippen molar-refractivity contribution in [3.05, 3.63) is 96.1 Å². The summed E-state index contributed by atoms with van der Waals surface area (Å²) in [4.78, 5) is 13.0. The molecule has 0 spiro atoms. The van der Waals surface area contributed by atoms with E-state index in [1.54, 1.807) is 12.1 Å². The van der Waals surface area contributed by atoms with Crippen molar-refractivity contribution >= 4 is 21.6 Å². The maximum atomic E-state index is 12.8. The van der Waals surface area contributed by atoms with E-state index < -0.39 is 10.0 Å². The van der Waals surface area contributed by atoms with Crippen LogP contribution in [0.3, 0.4) is 0 Å². The quantitative estimate of drug-likeness (QED) is 0.384. The second-order valence-electron chi connectivity index (χ2n) is 7.60. The molecular weight excluding hydrogens is 436 g/mol. The van der Waals surface area contributed by atoms with Crippen molar-refractivity contribution < 1.29 is 17.9 Å². The minimum Gasteiger partial charge on any atom is -0.382 e. The lowest BCUT2D eigenvalue weighted by Crippen LogP contribution is -2.25. The summed E-state index contributed by atoms with van der Waals surface area (Å²) < 4.78 is 32.6. The Hall–Kier alpha value is -3.00. The lowest BCUT2D eigenvalue weighted by Gasteiger charge is -2.18. The highest BCUT2D eigenvalue weighted by Gasteiger charge is 2.19. The highest BCUT2D eigenvalue weighted by Crippen LogP contribution is 2.28. The SMILES string of the molecule is CCOCCCNS(=O)(=O)c1ccc(NC(=O)CC(c2ccccc2)c2ccccc2)cc1. The first-order chi connectivity index (χ1) is 16.0. The standard InChI is InChI=1S/C26H30N2O4S/c1-2-32-19-9-18-27-33(30,31)24-16-14-23(15-17-24)28-26(29)20-25(21-10-5-3-6-11-21)22-12-7-4-8-13-22/h3-8,10-17,25,27H,2,9,18-20H2,1H3,(H,28,29). The molecule has 2 N–H and O–H groups in total. The fourth-order valence-corrected chi connectivity index (χ4v) is 4.60. The van der Waals surface area contributed by atoms with Crippen LogP contribution in [-0.2, 0) is 19.6 Å². The van der Waals surface area contributed by atoms with Gasteiger partial charge in [0.15, 0.2) is 0 Å². The van der Waals surface area contributed by atoms with E-state index in [1.165, 1.54) is 12.1 Å². The van der Waals surface area contributed by atoms with Gasteiger partial charge in [-0.05, 0) is 48.7 Å². The molecule has 0 fully saturated rings. The van der Waals surface area contributed by atoms with Crippen LogP contribution in [0.1, 0.15) is 36.8 Å². The fourth-order valence-electron chi connectivity index (χ4n) is 3.52. The molecule has 0 aliphatic heterocycles. The number of hydrogen-bond acceptors (Lipinski definition) is 4. The van der Waals surface area contributed by atoms with E-state index in [4.69, 9.17) is 4.74 Å². The number of anilines is 1. The zero-order valence-corrected chi connectivity index (χ0v) is 19.6. The van der Waals surface area contributed by atoms with Crippen LogP contribution in [0.15, 0.2) is 89.8 Å². The number of amides is 1. The van der Waals surface area contributed by atoms with Crippen LogP contribution >= 0.6 is 0 Å². The summed E-state index contributed by atoms with van der Waals surface area (Å²) in [6.07, 6.45) is 0.876. The normalized spacial score (nSPS) is 11.5. The van der Waals surface area contributed by atoms with Crippen molar-refractivity contribution in [2.75, 3.05) is 25.1 Å². The minimum absolute atomic E-state index is 0.0760. The lowest BCUT2D eigenvalue weighted by molar-refractivity contribution is -0.116. The monoisotopic (exact) mass is 466 g/mol. The Morgan fingerprint density at radius 3 is 2.00 bits per heavy atom. The predicted octanol–water partition coefficient (Wildman–Crippen LogP) is 4.55. The first-order valence-corrected chi connectivity index (χ1v) is 12.5. The Bertz CT molecular complexity index is 1060. The summed E-state index contributed by atoms with van der Waals surface area (Å²) in [5.41, 5.74) is 2.68. The molecular formula is C26H30N2O4S. The van der Waals surface area contributed by atoms with Crippen molar-refractivity contribution in [2.45, 2.75) is 30.6 Å². The Balaban J connectivity index is 1.62. The molecule has 0 radical (unpaired) electrons. The summed E-state index contributed by atoms with van der Waals surface area (Å²) in [6.45, 7) is 3.32. The third kappa shape index (κ3) is 7.53. The molecule has 33 heavy (non-hydrogen) atoms. The maximum absolute atomic E-state index is 12.8. The average Bonchev–Trinajstić information content (AvgIpc) is 2.84. The van der Waals surface area contributed by atoms with Crippen LogP contribution in [0.25, 0.3) is 0 Å². The van der Waals surface area contributed by atoms with Crippen LogP contribution in [0.5, 0.6) is 0 Å². The molecule has 3 rings (SSSR count). The number of sulfonamides is 1. The number of carbonyl (C=O) groups excluding carboxylic acids is 1. The molecule has 0 aromatic heterocycles. The number of benzene rings is 3. The number of carbonyl (C=O) groups is 1. The third-order valence-corrected chi connectivity index (χ3v) is 6.68. The molecule has 0 bridgehead atoms. The van der Waals surface area contributed by atoms with Crippen molar-refractivity contribution in [2.24, 2.45) is 0 Å². The van der Waals surface area contributed by atoms with Gasteiger partial charge < -0.3 is 10.1 Å². The van der Waals surface area contributed by atoms with Gasteiger partial charge in [0.25, 0.3) is 0 Å². The molecule has 6 nitrogen and oxygen atoms in total. The lowest BCUT2D eigenvalue weighted by atomic mass is 9.88. The molecule has 174 valence electrons. The number of nitrogens with one attached hydrogen (secondary N) is 2. The number of ether oxygens (including phenoxy) is 1. The van der Waals surface area contributed by atoms with Gasteiger partial charge in [0, 0.05) is 37.8 Å². The topological polar surface area (TPSA) is 84.5 Å².